The topological polar surface area (TPSA) is 92.1 Å². The maximum Gasteiger partial charge on any atom is 0.266 e. The molecule has 168 valence electrons. The fourth-order valence-corrected chi connectivity index (χ4v) is 4.57. The Hall–Kier alpha value is -4.17. The first kappa shape index (κ1) is 21.7. The van der Waals surface area contributed by atoms with E-state index in [9.17, 15) is 9.59 Å². The summed E-state index contributed by atoms with van der Waals surface area (Å²) in [7, 11) is 0. The van der Waals surface area contributed by atoms with Crippen LogP contribution < -0.4 is 11.0 Å². The standard InChI is InChI=1S/C26H21N5O2S/c1-17-8-2-7-13-23(17)31-25(33)20-10-4-6-12-22(20)29-26(31)34-16-24(32)30-28-15-18-14-27-21-11-5-3-9-19(18)21/h2-15,27H,16H2,1H3,(H,30,32)/b28-15-. The average Bonchev–Trinajstić information content (AvgIpc) is 3.27. The molecule has 2 N–H and O–H groups in total. The largest absolute Gasteiger partial charge is 0.361 e. The third kappa shape index (κ3) is 4.23. The van der Waals surface area contributed by atoms with Crippen molar-refractivity contribution in [1.29, 1.82) is 0 Å². The number of amides is 1. The number of fused-ring (bicyclic) bond motifs is 2. The predicted molar refractivity (Wildman–Crippen MR) is 137 cm³/mol. The first-order valence-corrected chi connectivity index (χ1v) is 11.7. The van der Waals surface area contributed by atoms with E-state index in [-0.39, 0.29) is 17.2 Å². The lowest BCUT2D eigenvalue weighted by atomic mass is 10.2. The van der Waals surface area contributed by atoms with Crippen molar-refractivity contribution in [1.82, 2.24) is 20.0 Å². The number of aryl methyl sites for hydroxylation is 1. The van der Waals surface area contributed by atoms with Gasteiger partial charge in [0.25, 0.3) is 11.5 Å². The van der Waals surface area contributed by atoms with Gasteiger partial charge in [0.1, 0.15) is 0 Å². The van der Waals surface area contributed by atoms with Gasteiger partial charge in [-0.1, -0.05) is 60.3 Å². The van der Waals surface area contributed by atoms with Crippen LogP contribution in [0.3, 0.4) is 0 Å². The molecule has 0 unspecified atom stereocenters. The molecule has 0 radical (unpaired) electrons. The van der Waals surface area contributed by atoms with Crippen molar-refractivity contribution < 1.29 is 4.79 Å². The molecule has 5 rings (SSSR count). The SMILES string of the molecule is Cc1ccccc1-n1c(SCC(=O)N/N=C\c2c[nH]c3ccccc23)nc2ccccc2c1=O. The number of carbonyl (C=O) groups is 1. The van der Waals surface area contributed by atoms with Crippen molar-refractivity contribution >= 4 is 45.7 Å². The molecule has 0 fully saturated rings. The molecule has 0 saturated heterocycles. The van der Waals surface area contributed by atoms with E-state index in [2.05, 4.69) is 20.5 Å². The van der Waals surface area contributed by atoms with Crippen LogP contribution in [0.25, 0.3) is 27.5 Å². The van der Waals surface area contributed by atoms with E-state index in [0.717, 1.165) is 27.7 Å². The van der Waals surface area contributed by atoms with Crippen LogP contribution in [0.4, 0.5) is 0 Å². The summed E-state index contributed by atoms with van der Waals surface area (Å²) in [6, 6.07) is 22.7. The second-order valence-electron chi connectivity index (χ2n) is 7.71. The Kier molecular flexibility index (Phi) is 5.97. The molecule has 0 saturated carbocycles. The Morgan fingerprint density at radius 3 is 2.65 bits per heavy atom. The Balaban J connectivity index is 1.38. The molecule has 0 spiro atoms. The zero-order valence-corrected chi connectivity index (χ0v) is 19.2. The summed E-state index contributed by atoms with van der Waals surface area (Å²) in [6.45, 7) is 1.94. The van der Waals surface area contributed by atoms with Crippen LogP contribution in [0.1, 0.15) is 11.1 Å². The summed E-state index contributed by atoms with van der Waals surface area (Å²) < 4.78 is 1.57. The van der Waals surface area contributed by atoms with Gasteiger partial charge >= 0.3 is 0 Å². The van der Waals surface area contributed by atoms with Crippen LogP contribution in [0.5, 0.6) is 0 Å². The van der Waals surface area contributed by atoms with Gasteiger partial charge in [0.15, 0.2) is 5.16 Å². The molecule has 3 aromatic carbocycles. The molecular weight excluding hydrogens is 446 g/mol. The number of thioether (sulfide) groups is 1. The number of benzene rings is 3. The number of nitrogens with zero attached hydrogens (tertiary/aromatic N) is 3. The molecule has 0 atom stereocenters. The molecule has 7 nitrogen and oxygen atoms in total. The maximum absolute atomic E-state index is 13.3. The number of rotatable bonds is 6. The van der Waals surface area contributed by atoms with Gasteiger partial charge in [-0.05, 0) is 36.8 Å². The highest BCUT2D eigenvalue weighted by Crippen LogP contribution is 2.23. The van der Waals surface area contributed by atoms with E-state index in [1.54, 1.807) is 22.9 Å². The predicted octanol–water partition coefficient (Wildman–Crippen LogP) is 4.42. The zero-order chi connectivity index (χ0) is 23.5. The highest BCUT2D eigenvalue weighted by atomic mass is 32.2. The smallest absolute Gasteiger partial charge is 0.266 e. The summed E-state index contributed by atoms with van der Waals surface area (Å²) in [4.78, 5) is 33.7. The van der Waals surface area contributed by atoms with Gasteiger partial charge in [0.2, 0.25) is 0 Å². The summed E-state index contributed by atoms with van der Waals surface area (Å²) in [5.74, 6) is -0.234. The molecular formula is C26H21N5O2S. The van der Waals surface area contributed by atoms with Gasteiger partial charge in [0, 0.05) is 22.7 Å². The molecule has 8 heteroatoms. The Morgan fingerprint density at radius 2 is 1.79 bits per heavy atom. The van der Waals surface area contributed by atoms with E-state index in [1.165, 1.54) is 11.8 Å². The van der Waals surface area contributed by atoms with Crippen molar-refractivity contribution in [3.05, 3.63) is 100 Å². The summed E-state index contributed by atoms with van der Waals surface area (Å²) in [6.07, 6.45) is 3.45. The number of carbonyl (C=O) groups excluding carboxylic acids is 1. The summed E-state index contributed by atoms with van der Waals surface area (Å²) >= 11 is 1.20. The van der Waals surface area contributed by atoms with E-state index >= 15 is 0 Å². The minimum Gasteiger partial charge on any atom is -0.361 e. The molecule has 5 aromatic rings. The number of aromatic amines is 1. The number of hydrogen-bond donors (Lipinski definition) is 2. The lowest BCUT2D eigenvalue weighted by Gasteiger charge is -2.14. The van der Waals surface area contributed by atoms with Gasteiger partial charge in [-0.3, -0.25) is 14.2 Å². The maximum atomic E-state index is 13.3. The zero-order valence-electron chi connectivity index (χ0n) is 18.4. The van der Waals surface area contributed by atoms with Gasteiger partial charge in [-0.2, -0.15) is 5.10 Å². The molecule has 0 bridgehead atoms. The number of hydrazone groups is 1. The van der Waals surface area contributed by atoms with Crippen molar-refractivity contribution in [3.8, 4) is 5.69 Å². The number of hydrogen-bond acceptors (Lipinski definition) is 5. The van der Waals surface area contributed by atoms with E-state index < -0.39 is 0 Å². The Morgan fingerprint density at radius 1 is 1.06 bits per heavy atom. The van der Waals surface area contributed by atoms with Crippen molar-refractivity contribution in [2.75, 3.05) is 5.75 Å². The number of H-pyrrole nitrogens is 1. The minimum atomic E-state index is -0.292. The number of nitrogens with one attached hydrogen (secondary N) is 2. The van der Waals surface area contributed by atoms with Gasteiger partial charge < -0.3 is 4.98 Å². The molecule has 2 aromatic heterocycles. The third-order valence-corrected chi connectivity index (χ3v) is 6.39. The molecule has 0 aliphatic carbocycles. The fourth-order valence-electron chi connectivity index (χ4n) is 3.77. The first-order chi connectivity index (χ1) is 16.6. The molecule has 2 heterocycles. The highest BCUT2D eigenvalue weighted by molar-refractivity contribution is 7.99. The quantitative estimate of drug-likeness (QED) is 0.167. The van der Waals surface area contributed by atoms with Crippen LogP contribution in [0.15, 0.2) is 94.0 Å². The van der Waals surface area contributed by atoms with Crippen LogP contribution in [-0.2, 0) is 4.79 Å². The van der Waals surface area contributed by atoms with Crippen LogP contribution in [-0.4, -0.2) is 32.4 Å². The normalized spacial score (nSPS) is 11.4. The average molecular weight is 468 g/mol. The van der Waals surface area contributed by atoms with Crippen LogP contribution >= 0.6 is 11.8 Å². The van der Waals surface area contributed by atoms with Crippen LogP contribution in [0.2, 0.25) is 0 Å². The number of para-hydroxylation sites is 3. The third-order valence-electron chi connectivity index (χ3n) is 5.45. The number of aromatic nitrogens is 3. The molecule has 34 heavy (non-hydrogen) atoms. The van der Waals surface area contributed by atoms with E-state index in [1.807, 2.05) is 73.8 Å². The van der Waals surface area contributed by atoms with Crippen molar-refractivity contribution in [3.63, 3.8) is 0 Å². The fraction of sp³-hybridized carbons (Fsp3) is 0.0769. The highest BCUT2D eigenvalue weighted by Gasteiger charge is 2.15. The minimum absolute atomic E-state index is 0.0574. The monoisotopic (exact) mass is 467 g/mol. The summed E-state index contributed by atoms with van der Waals surface area (Å²) in [5.41, 5.74) is 6.55. The molecule has 1 amide bonds. The second kappa shape index (κ2) is 9.36. The molecule has 0 aliphatic rings. The Labute approximate surface area is 199 Å². The van der Waals surface area contributed by atoms with Gasteiger partial charge in [0.05, 0.1) is 28.6 Å². The molecule has 0 aliphatic heterocycles. The van der Waals surface area contributed by atoms with Crippen molar-refractivity contribution in [2.24, 2.45) is 5.10 Å². The van der Waals surface area contributed by atoms with Gasteiger partial charge in [-0.15, -0.1) is 0 Å². The van der Waals surface area contributed by atoms with Crippen molar-refractivity contribution in [2.45, 2.75) is 12.1 Å². The van der Waals surface area contributed by atoms with Crippen LogP contribution in [0, 0.1) is 6.92 Å². The lowest BCUT2D eigenvalue weighted by Crippen LogP contribution is -2.24. The first-order valence-electron chi connectivity index (χ1n) is 10.7. The lowest BCUT2D eigenvalue weighted by molar-refractivity contribution is -0.118. The van der Waals surface area contributed by atoms with E-state index in [4.69, 9.17) is 0 Å². The second-order valence-corrected chi connectivity index (χ2v) is 8.65. The van der Waals surface area contributed by atoms with E-state index in [0.29, 0.717) is 16.1 Å². The summed E-state index contributed by atoms with van der Waals surface area (Å²) in [5, 5.41) is 6.10. The Bertz CT molecular complexity index is 1600. The van der Waals surface area contributed by atoms with Gasteiger partial charge in [-0.25, -0.2) is 10.4 Å².